The van der Waals surface area contributed by atoms with Crippen LogP contribution in [0, 0.1) is 0 Å². The maximum absolute atomic E-state index is 12.6. The lowest BCUT2D eigenvalue weighted by molar-refractivity contribution is -0.213. The van der Waals surface area contributed by atoms with Gasteiger partial charge in [0, 0.05) is 44.5 Å². The molecule has 3 saturated heterocycles. The number of nitrogens with zero attached hydrogens (tertiary/aromatic N) is 4. The van der Waals surface area contributed by atoms with Gasteiger partial charge in [0.25, 0.3) is 5.91 Å². The largest absolute Gasteiger partial charge is 0.363 e. The van der Waals surface area contributed by atoms with Crippen molar-refractivity contribution in [3.05, 3.63) is 18.0 Å². The van der Waals surface area contributed by atoms with Crippen molar-refractivity contribution in [1.82, 2.24) is 19.7 Å². The van der Waals surface area contributed by atoms with Gasteiger partial charge < -0.3 is 4.74 Å². The molecular formula is C17H26N4O3. The number of aromatic nitrogens is 2. The monoisotopic (exact) mass is 334 g/mol. The van der Waals surface area contributed by atoms with Gasteiger partial charge in [-0.3, -0.25) is 19.2 Å². The molecule has 132 valence electrons. The highest BCUT2D eigenvalue weighted by molar-refractivity contribution is 5.80. The minimum atomic E-state index is -0.331. The number of hydrogen-bond donors (Lipinski definition) is 0. The van der Waals surface area contributed by atoms with Gasteiger partial charge in [0.05, 0.1) is 18.9 Å². The molecular weight excluding hydrogens is 308 g/mol. The molecule has 0 radical (unpaired) electrons. The molecule has 7 heteroatoms. The van der Waals surface area contributed by atoms with E-state index in [1.807, 2.05) is 17.9 Å². The molecule has 3 atom stereocenters. The quantitative estimate of drug-likeness (QED) is 0.828. The number of likely N-dealkylation sites (tertiary alicyclic amines) is 1. The SMILES string of the molecule is Cn1cc(CN2CC[C@@H]3O[C@H](C(=O)N4CCCCO4)CC[C@@H]32)cn1. The Balaban J connectivity index is 1.34. The molecule has 0 bridgehead atoms. The minimum Gasteiger partial charge on any atom is -0.363 e. The molecule has 0 N–H and O–H groups in total. The molecule has 0 spiro atoms. The normalized spacial score (nSPS) is 31.2. The van der Waals surface area contributed by atoms with Crippen LogP contribution in [-0.4, -0.2) is 63.6 Å². The fourth-order valence-corrected chi connectivity index (χ4v) is 4.11. The Morgan fingerprint density at radius 3 is 2.96 bits per heavy atom. The van der Waals surface area contributed by atoms with Crippen molar-refractivity contribution in [3.8, 4) is 0 Å². The predicted octanol–water partition coefficient (Wildman–Crippen LogP) is 1.10. The number of rotatable bonds is 3. The molecule has 4 rings (SSSR count). The van der Waals surface area contributed by atoms with Gasteiger partial charge in [0.15, 0.2) is 0 Å². The molecule has 3 fully saturated rings. The second-order valence-corrected chi connectivity index (χ2v) is 7.07. The van der Waals surface area contributed by atoms with E-state index in [4.69, 9.17) is 9.57 Å². The number of ether oxygens (including phenoxy) is 1. The molecule has 1 amide bonds. The standard InChI is InChI=1S/C17H26N4O3/c1-19-11-13(10-18-19)12-20-8-6-15-14(20)4-5-16(24-15)17(22)21-7-2-3-9-23-21/h10-11,14-16H,2-9,12H2,1H3/t14-,15-,16-/m0/s1. The van der Waals surface area contributed by atoms with Gasteiger partial charge >= 0.3 is 0 Å². The van der Waals surface area contributed by atoms with Gasteiger partial charge in [0.1, 0.15) is 6.10 Å². The van der Waals surface area contributed by atoms with Crippen molar-refractivity contribution in [2.24, 2.45) is 7.05 Å². The van der Waals surface area contributed by atoms with Gasteiger partial charge in [-0.05, 0) is 32.1 Å². The molecule has 3 aliphatic rings. The molecule has 0 aromatic carbocycles. The summed E-state index contributed by atoms with van der Waals surface area (Å²) >= 11 is 0. The van der Waals surface area contributed by atoms with E-state index in [1.54, 1.807) is 0 Å². The molecule has 0 aliphatic carbocycles. The van der Waals surface area contributed by atoms with E-state index in [9.17, 15) is 4.79 Å². The topological polar surface area (TPSA) is 59.8 Å². The van der Waals surface area contributed by atoms with Gasteiger partial charge in [-0.15, -0.1) is 0 Å². The van der Waals surface area contributed by atoms with Gasteiger partial charge in [-0.1, -0.05) is 0 Å². The second-order valence-electron chi connectivity index (χ2n) is 7.07. The summed E-state index contributed by atoms with van der Waals surface area (Å²) in [4.78, 5) is 20.5. The summed E-state index contributed by atoms with van der Waals surface area (Å²) in [7, 11) is 1.94. The number of aryl methyl sites for hydroxylation is 1. The Kier molecular flexibility index (Phi) is 4.56. The number of carbonyl (C=O) groups excluding carboxylic acids is 1. The molecule has 0 saturated carbocycles. The summed E-state index contributed by atoms with van der Waals surface area (Å²) < 4.78 is 8.01. The number of fused-ring (bicyclic) bond motifs is 1. The summed E-state index contributed by atoms with van der Waals surface area (Å²) in [5.41, 5.74) is 1.23. The fourth-order valence-electron chi connectivity index (χ4n) is 4.11. The van der Waals surface area contributed by atoms with Crippen LogP contribution in [0.25, 0.3) is 0 Å². The maximum Gasteiger partial charge on any atom is 0.275 e. The number of hydrogen-bond acceptors (Lipinski definition) is 5. The average molecular weight is 334 g/mol. The Hall–Kier alpha value is -1.44. The van der Waals surface area contributed by atoms with E-state index in [0.29, 0.717) is 19.2 Å². The third-order valence-electron chi connectivity index (χ3n) is 5.33. The third-order valence-corrected chi connectivity index (χ3v) is 5.33. The zero-order valence-electron chi connectivity index (χ0n) is 14.3. The van der Waals surface area contributed by atoms with E-state index in [1.165, 1.54) is 10.6 Å². The highest BCUT2D eigenvalue weighted by Crippen LogP contribution is 2.33. The van der Waals surface area contributed by atoms with Crippen LogP contribution in [0.1, 0.15) is 37.7 Å². The van der Waals surface area contributed by atoms with Gasteiger partial charge in [-0.2, -0.15) is 5.10 Å². The summed E-state index contributed by atoms with van der Waals surface area (Å²) in [6.07, 6.45) is 8.66. The first kappa shape index (κ1) is 16.1. The first-order valence-corrected chi connectivity index (χ1v) is 9.02. The molecule has 3 aliphatic heterocycles. The summed E-state index contributed by atoms with van der Waals surface area (Å²) in [5.74, 6) is 0.0128. The van der Waals surface area contributed by atoms with Gasteiger partial charge in [-0.25, -0.2) is 5.06 Å². The second kappa shape index (κ2) is 6.82. The van der Waals surface area contributed by atoms with Crippen molar-refractivity contribution in [3.63, 3.8) is 0 Å². The predicted molar refractivity (Wildman–Crippen MR) is 86.8 cm³/mol. The van der Waals surface area contributed by atoms with Crippen molar-refractivity contribution in [2.45, 2.75) is 56.9 Å². The van der Waals surface area contributed by atoms with Crippen LogP contribution in [0.3, 0.4) is 0 Å². The van der Waals surface area contributed by atoms with E-state index in [2.05, 4.69) is 16.2 Å². The average Bonchev–Trinajstić information content (AvgIpc) is 3.21. The van der Waals surface area contributed by atoms with Crippen LogP contribution in [0.5, 0.6) is 0 Å². The first-order valence-electron chi connectivity index (χ1n) is 9.02. The molecule has 7 nitrogen and oxygen atoms in total. The molecule has 1 aromatic rings. The fraction of sp³-hybridized carbons (Fsp3) is 0.765. The lowest BCUT2D eigenvalue weighted by atomic mass is 9.98. The van der Waals surface area contributed by atoms with Gasteiger partial charge in [0.2, 0.25) is 0 Å². The lowest BCUT2D eigenvalue weighted by Crippen LogP contribution is -2.49. The summed E-state index contributed by atoms with van der Waals surface area (Å²) in [5, 5.41) is 5.77. The first-order chi connectivity index (χ1) is 11.7. The third kappa shape index (κ3) is 3.20. The molecule has 0 unspecified atom stereocenters. The summed E-state index contributed by atoms with van der Waals surface area (Å²) in [6, 6.07) is 0.413. The van der Waals surface area contributed by atoms with E-state index >= 15 is 0 Å². The lowest BCUT2D eigenvalue weighted by Gasteiger charge is -2.37. The Morgan fingerprint density at radius 2 is 2.21 bits per heavy atom. The zero-order chi connectivity index (χ0) is 16.5. The minimum absolute atomic E-state index is 0.0128. The zero-order valence-corrected chi connectivity index (χ0v) is 14.3. The smallest absolute Gasteiger partial charge is 0.275 e. The highest BCUT2D eigenvalue weighted by Gasteiger charge is 2.42. The summed E-state index contributed by atoms with van der Waals surface area (Å²) in [6.45, 7) is 3.26. The van der Waals surface area contributed by atoms with Crippen LogP contribution in [0.4, 0.5) is 0 Å². The number of amides is 1. The van der Waals surface area contributed by atoms with Crippen LogP contribution in [-0.2, 0) is 28.0 Å². The Bertz CT molecular complexity index is 584. The van der Waals surface area contributed by atoms with E-state index < -0.39 is 0 Å². The van der Waals surface area contributed by atoms with E-state index in [-0.39, 0.29) is 18.1 Å². The molecule has 1 aromatic heterocycles. The Morgan fingerprint density at radius 1 is 1.29 bits per heavy atom. The van der Waals surface area contributed by atoms with Crippen molar-refractivity contribution >= 4 is 5.91 Å². The maximum atomic E-state index is 12.6. The number of hydroxylamine groups is 2. The van der Waals surface area contributed by atoms with Crippen LogP contribution in [0.15, 0.2) is 12.4 Å². The van der Waals surface area contributed by atoms with Crippen molar-refractivity contribution < 1.29 is 14.4 Å². The van der Waals surface area contributed by atoms with Crippen molar-refractivity contribution in [1.29, 1.82) is 0 Å². The molecule has 4 heterocycles. The number of carbonyl (C=O) groups is 1. The van der Waals surface area contributed by atoms with Crippen molar-refractivity contribution in [2.75, 3.05) is 19.7 Å². The van der Waals surface area contributed by atoms with Crippen LogP contribution >= 0.6 is 0 Å². The molecule has 24 heavy (non-hydrogen) atoms. The highest BCUT2D eigenvalue weighted by atomic mass is 16.7. The van der Waals surface area contributed by atoms with Crippen LogP contribution < -0.4 is 0 Å². The van der Waals surface area contributed by atoms with Crippen LogP contribution in [0.2, 0.25) is 0 Å². The Labute approximate surface area is 142 Å². The van der Waals surface area contributed by atoms with E-state index in [0.717, 1.165) is 45.2 Å².